The Labute approximate surface area is 146 Å². The van der Waals surface area contributed by atoms with Gasteiger partial charge in [-0.1, -0.05) is 12.1 Å². The largest absolute Gasteiger partial charge is 0.497 e. The van der Waals surface area contributed by atoms with Gasteiger partial charge in [0.05, 0.1) is 26.5 Å². The van der Waals surface area contributed by atoms with Crippen LogP contribution in [0.5, 0.6) is 23.0 Å². The van der Waals surface area contributed by atoms with Gasteiger partial charge in [-0.25, -0.2) is 4.99 Å². The molecule has 0 fully saturated rings. The molecule has 0 aromatic heterocycles. The number of aliphatic imine (C=N–C) groups is 1. The number of methoxy groups -OCH3 is 2. The summed E-state index contributed by atoms with van der Waals surface area (Å²) in [5, 5.41) is 3.02. The Bertz CT molecular complexity index is 764. The van der Waals surface area contributed by atoms with E-state index in [2.05, 4.69) is 10.3 Å². The molecular weight excluding hydrogens is 322 g/mol. The third-order valence-electron chi connectivity index (χ3n) is 3.70. The highest BCUT2D eigenvalue weighted by molar-refractivity contribution is 5.94. The molecule has 25 heavy (non-hydrogen) atoms. The van der Waals surface area contributed by atoms with E-state index in [0.717, 1.165) is 11.5 Å². The maximum Gasteiger partial charge on any atom is 0.193 e. The Morgan fingerprint density at radius 2 is 2.00 bits per heavy atom. The minimum Gasteiger partial charge on any atom is -0.497 e. The Morgan fingerprint density at radius 3 is 2.76 bits per heavy atom. The number of para-hydroxylation sites is 2. The van der Waals surface area contributed by atoms with Crippen molar-refractivity contribution in [3.05, 3.63) is 42.5 Å². The maximum absolute atomic E-state index is 5.98. The predicted molar refractivity (Wildman–Crippen MR) is 96.0 cm³/mol. The van der Waals surface area contributed by atoms with Crippen molar-refractivity contribution >= 4 is 11.6 Å². The van der Waals surface area contributed by atoms with Crippen molar-refractivity contribution < 1.29 is 18.9 Å². The first kappa shape index (κ1) is 16.8. The fraction of sp³-hybridized carbons (Fsp3) is 0.278. The van der Waals surface area contributed by atoms with Gasteiger partial charge >= 0.3 is 0 Å². The molecular formula is C18H21N3O4. The van der Waals surface area contributed by atoms with Gasteiger partial charge < -0.3 is 30.0 Å². The summed E-state index contributed by atoms with van der Waals surface area (Å²) in [5.41, 5.74) is 6.65. The zero-order chi connectivity index (χ0) is 17.6. The highest BCUT2D eigenvalue weighted by Gasteiger charge is 2.20. The van der Waals surface area contributed by atoms with Gasteiger partial charge in [0.15, 0.2) is 23.6 Å². The Hall–Kier alpha value is -3.09. The van der Waals surface area contributed by atoms with E-state index in [-0.39, 0.29) is 12.1 Å². The number of nitrogens with one attached hydrogen (secondary N) is 1. The first-order chi connectivity index (χ1) is 12.2. The van der Waals surface area contributed by atoms with Crippen molar-refractivity contribution in [2.45, 2.75) is 6.10 Å². The number of hydrogen-bond donors (Lipinski definition) is 2. The molecule has 1 heterocycles. The molecule has 0 spiro atoms. The molecule has 0 saturated carbocycles. The number of nitrogens with zero attached hydrogens (tertiary/aromatic N) is 1. The first-order valence-electron chi connectivity index (χ1n) is 7.87. The molecule has 0 radical (unpaired) electrons. The van der Waals surface area contributed by atoms with Gasteiger partial charge in [0.1, 0.15) is 18.1 Å². The summed E-state index contributed by atoms with van der Waals surface area (Å²) in [6.45, 7) is 0.801. The van der Waals surface area contributed by atoms with E-state index in [4.69, 9.17) is 24.7 Å². The average molecular weight is 343 g/mol. The third-order valence-corrected chi connectivity index (χ3v) is 3.70. The lowest BCUT2D eigenvalue weighted by molar-refractivity contribution is 0.0972. The molecule has 2 aromatic carbocycles. The molecule has 0 saturated heterocycles. The first-order valence-corrected chi connectivity index (χ1v) is 7.87. The van der Waals surface area contributed by atoms with Crippen molar-refractivity contribution in [2.75, 3.05) is 32.7 Å². The molecule has 132 valence electrons. The van der Waals surface area contributed by atoms with Crippen molar-refractivity contribution in [3.63, 3.8) is 0 Å². The molecule has 1 aliphatic heterocycles. The van der Waals surface area contributed by atoms with Gasteiger partial charge in [-0.15, -0.1) is 0 Å². The van der Waals surface area contributed by atoms with Crippen molar-refractivity contribution in [2.24, 2.45) is 10.7 Å². The Morgan fingerprint density at radius 1 is 1.20 bits per heavy atom. The highest BCUT2D eigenvalue weighted by atomic mass is 16.6. The lowest BCUT2D eigenvalue weighted by Gasteiger charge is -2.25. The number of hydrogen-bond acceptors (Lipinski definition) is 5. The lowest BCUT2D eigenvalue weighted by Crippen LogP contribution is -2.33. The predicted octanol–water partition coefficient (Wildman–Crippen LogP) is 2.27. The fourth-order valence-electron chi connectivity index (χ4n) is 2.44. The van der Waals surface area contributed by atoms with Crippen LogP contribution >= 0.6 is 0 Å². The average Bonchev–Trinajstić information content (AvgIpc) is 2.66. The van der Waals surface area contributed by atoms with Gasteiger partial charge in [-0.05, 0) is 24.3 Å². The summed E-state index contributed by atoms with van der Waals surface area (Å²) < 4.78 is 22.0. The molecule has 0 amide bonds. The van der Waals surface area contributed by atoms with Crippen LogP contribution in [-0.2, 0) is 0 Å². The summed E-state index contributed by atoms with van der Waals surface area (Å²) in [4.78, 5) is 4.33. The van der Waals surface area contributed by atoms with E-state index >= 15 is 0 Å². The summed E-state index contributed by atoms with van der Waals surface area (Å²) in [7, 11) is 3.19. The molecule has 0 aliphatic carbocycles. The van der Waals surface area contributed by atoms with Crippen LogP contribution in [0.4, 0.5) is 5.69 Å². The number of fused-ring (bicyclic) bond motifs is 1. The number of anilines is 1. The minimum absolute atomic E-state index is 0.192. The smallest absolute Gasteiger partial charge is 0.193 e. The standard InChI is InChI=1S/C18H21N3O4/c1-22-12-7-8-15(23-2)14(9-12)21-18(19)20-10-13-11-24-16-5-3-4-6-17(16)25-13/h3-9,13H,10-11H2,1-2H3,(H3,19,20,21). The quantitative estimate of drug-likeness (QED) is 0.640. The second-order valence-electron chi connectivity index (χ2n) is 5.41. The summed E-state index contributed by atoms with van der Waals surface area (Å²) in [5.74, 6) is 3.06. The summed E-state index contributed by atoms with van der Waals surface area (Å²) >= 11 is 0. The SMILES string of the molecule is COc1ccc(OC)c(NC(N)=NCC2COc3ccccc3O2)c1. The van der Waals surface area contributed by atoms with Gasteiger partial charge in [0.25, 0.3) is 0 Å². The monoisotopic (exact) mass is 343 g/mol. The van der Waals surface area contributed by atoms with Crippen LogP contribution < -0.4 is 30.0 Å². The molecule has 7 heteroatoms. The zero-order valence-electron chi connectivity index (χ0n) is 14.2. The van der Waals surface area contributed by atoms with Crippen molar-refractivity contribution in [1.82, 2.24) is 0 Å². The normalized spacial score (nSPS) is 16.2. The zero-order valence-corrected chi connectivity index (χ0v) is 14.2. The van der Waals surface area contributed by atoms with Crippen LogP contribution in [-0.4, -0.2) is 39.4 Å². The highest BCUT2D eigenvalue weighted by Crippen LogP contribution is 2.31. The summed E-state index contributed by atoms with van der Waals surface area (Å²) in [6.07, 6.45) is -0.192. The van der Waals surface area contributed by atoms with Crippen molar-refractivity contribution in [3.8, 4) is 23.0 Å². The van der Waals surface area contributed by atoms with E-state index in [9.17, 15) is 0 Å². The van der Waals surface area contributed by atoms with Gasteiger partial charge in [-0.2, -0.15) is 0 Å². The van der Waals surface area contributed by atoms with Crippen LogP contribution in [0.1, 0.15) is 0 Å². The van der Waals surface area contributed by atoms with E-state index in [0.29, 0.717) is 30.3 Å². The molecule has 2 aromatic rings. The summed E-state index contributed by atoms with van der Waals surface area (Å²) in [6, 6.07) is 12.9. The second-order valence-corrected chi connectivity index (χ2v) is 5.41. The van der Waals surface area contributed by atoms with Gasteiger partial charge in [-0.3, -0.25) is 0 Å². The van der Waals surface area contributed by atoms with Crippen LogP contribution in [0.15, 0.2) is 47.5 Å². The molecule has 1 unspecified atom stereocenters. The van der Waals surface area contributed by atoms with Crippen molar-refractivity contribution in [1.29, 1.82) is 0 Å². The third kappa shape index (κ3) is 4.06. The molecule has 3 rings (SSSR count). The maximum atomic E-state index is 5.98. The second kappa shape index (κ2) is 7.65. The van der Waals surface area contributed by atoms with E-state index in [1.165, 1.54) is 0 Å². The van der Waals surface area contributed by atoms with E-state index < -0.39 is 0 Å². The molecule has 7 nitrogen and oxygen atoms in total. The molecule has 1 atom stereocenters. The fourth-order valence-corrected chi connectivity index (χ4v) is 2.44. The lowest BCUT2D eigenvalue weighted by atomic mass is 10.2. The van der Waals surface area contributed by atoms with E-state index in [1.807, 2.05) is 30.3 Å². The van der Waals surface area contributed by atoms with Gasteiger partial charge in [0, 0.05) is 6.07 Å². The molecule has 1 aliphatic rings. The Balaban J connectivity index is 1.63. The number of guanidine groups is 1. The number of nitrogens with two attached hydrogens (primary N) is 1. The van der Waals surface area contributed by atoms with Crippen LogP contribution in [0.2, 0.25) is 0 Å². The minimum atomic E-state index is -0.192. The van der Waals surface area contributed by atoms with Crippen LogP contribution in [0, 0.1) is 0 Å². The number of ether oxygens (including phenoxy) is 4. The molecule has 0 bridgehead atoms. The topological polar surface area (TPSA) is 87.3 Å². The Kier molecular flexibility index (Phi) is 5.13. The van der Waals surface area contributed by atoms with Crippen LogP contribution in [0.25, 0.3) is 0 Å². The van der Waals surface area contributed by atoms with Crippen LogP contribution in [0.3, 0.4) is 0 Å². The number of rotatable bonds is 5. The number of benzene rings is 2. The molecule has 3 N–H and O–H groups in total. The van der Waals surface area contributed by atoms with E-state index in [1.54, 1.807) is 26.4 Å². The van der Waals surface area contributed by atoms with Gasteiger partial charge in [0.2, 0.25) is 0 Å².